The van der Waals surface area contributed by atoms with Crippen LogP contribution in [0.5, 0.6) is 0 Å². The number of nitrogens with zero attached hydrogens (tertiary/aromatic N) is 1. The zero-order chi connectivity index (χ0) is 11.4. The van der Waals surface area contributed by atoms with Crippen molar-refractivity contribution < 1.29 is 0 Å². The Balaban J connectivity index is 1.96. The van der Waals surface area contributed by atoms with E-state index < -0.39 is 0 Å². The quantitative estimate of drug-likeness (QED) is 0.838. The lowest BCUT2D eigenvalue weighted by Crippen LogP contribution is -2.31. The number of pyridine rings is 1. The highest BCUT2D eigenvalue weighted by Crippen LogP contribution is 2.14. The Kier molecular flexibility index (Phi) is 3.78. The average Bonchev–Trinajstić information content (AvgIpc) is 2.30. The van der Waals surface area contributed by atoms with Crippen LogP contribution < -0.4 is 10.9 Å². The first kappa shape index (κ1) is 11.4. The Labute approximate surface area is 96.5 Å². The number of aromatic nitrogens is 1. The second kappa shape index (κ2) is 5.30. The summed E-state index contributed by atoms with van der Waals surface area (Å²) in [6, 6.07) is 5.48. The first-order valence-corrected chi connectivity index (χ1v) is 6.14. The van der Waals surface area contributed by atoms with Gasteiger partial charge in [0, 0.05) is 18.3 Å². The molecule has 2 rings (SSSR count). The number of rotatable bonds is 3. The lowest BCUT2D eigenvalue weighted by Gasteiger charge is -2.23. The number of hydrogen-bond acceptors (Lipinski definition) is 2. The van der Waals surface area contributed by atoms with Crippen LogP contribution in [-0.2, 0) is 6.54 Å². The molecule has 1 aromatic heterocycles. The molecule has 0 saturated carbocycles. The summed E-state index contributed by atoms with van der Waals surface area (Å²) in [6.07, 6.45) is 3.68. The molecular weight excluding hydrogens is 200 g/mol. The van der Waals surface area contributed by atoms with Crippen LogP contribution in [0.15, 0.2) is 23.0 Å². The molecule has 0 aromatic carbocycles. The molecular formula is C13H20N2O. The van der Waals surface area contributed by atoms with Crippen molar-refractivity contribution >= 4 is 0 Å². The minimum absolute atomic E-state index is 0.128. The maximum absolute atomic E-state index is 11.7. The molecule has 0 aliphatic carbocycles. The third kappa shape index (κ3) is 2.73. The fraction of sp³-hybridized carbons (Fsp3) is 0.615. The third-order valence-electron chi connectivity index (χ3n) is 3.43. The molecule has 0 radical (unpaired) electrons. The highest BCUT2D eigenvalue weighted by Gasteiger charge is 2.13. The number of hydrogen-bond donors (Lipinski definition) is 1. The Morgan fingerprint density at radius 1 is 1.50 bits per heavy atom. The number of piperidine rings is 1. The fourth-order valence-corrected chi connectivity index (χ4v) is 2.39. The Hall–Kier alpha value is -1.09. The highest BCUT2D eigenvalue weighted by molar-refractivity contribution is 5.04. The van der Waals surface area contributed by atoms with Crippen molar-refractivity contribution in [3.63, 3.8) is 0 Å². The van der Waals surface area contributed by atoms with E-state index in [0.29, 0.717) is 0 Å². The van der Waals surface area contributed by atoms with Gasteiger partial charge in [-0.2, -0.15) is 0 Å². The predicted molar refractivity (Wildman–Crippen MR) is 65.6 cm³/mol. The van der Waals surface area contributed by atoms with Crippen LogP contribution in [0.1, 0.15) is 25.0 Å². The van der Waals surface area contributed by atoms with E-state index in [1.165, 1.54) is 12.8 Å². The summed E-state index contributed by atoms with van der Waals surface area (Å²) >= 11 is 0. The van der Waals surface area contributed by atoms with Gasteiger partial charge in [-0.1, -0.05) is 6.07 Å². The predicted octanol–water partition coefficient (Wildman–Crippen LogP) is 1.55. The van der Waals surface area contributed by atoms with Gasteiger partial charge < -0.3 is 9.88 Å². The van der Waals surface area contributed by atoms with E-state index in [9.17, 15) is 4.79 Å². The summed E-state index contributed by atoms with van der Waals surface area (Å²) in [6.45, 7) is 5.12. The van der Waals surface area contributed by atoms with Crippen molar-refractivity contribution in [2.24, 2.45) is 5.92 Å². The standard InChI is InChI=1S/C13H20N2O/c1-11-4-2-6-13(16)15(11)9-7-12-5-3-8-14-10-12/h2,4,6,12,14H,3,5,7-10H2,1H3. The maximum Gasteiger partial charge on any atom is 0.250 e. The molecule has 3 nitrogen and oxygen atoms in total. The second-order valence-electron chi connectivity index (χ2n) is 4.66. The monoisotopic (exact) mass is 220 g/mol. The van der Waals surface area contributed by atoms with E-state index in [-0.39, 0.29) is 5.56 Å². The van der Waals surface area contributed by atoms with E-state index in [4.69, 9.17) is 0 Å². The van der Waals surface area contributed by atoms with Gasteiger partial charge in [-0.05, 0) is 51.3 Å². The van der Waals surface area contributed by atoms with Crippen molar-refractivity contribution in [3.05, 3.63) is 34.2 Å². The van der Waals surface area contributed by atoms with Gasteiger partial charge in [0.05, 0.1) is 0 Å². The Bertz CT molecular complexity index is 391. The van der Waals surface area contributed by atoms with Crippen LogP contribution in [0.3, 0.4) is 0 Å². The van der Waals surface area contributed by atoms with Crippen LogP contribution in [-0.4, -0.2) is 17.7 Å². The Morgan fingerprint density at radius 3 is 3.06 bits per heavy atom. The zero-order valence-corrected chi connectivity index (χ0v) is 9.91. The third-order valence-corrected chi connectivity index (χ3v) is 3.43. The molecule has 0 amide bonds. The van der Waals surface area contributed by atoms with Crippen LogP contribution >= 0.6 is 0 Å². The number of aryl methyl sites for hydroxylation is 1. The molecule has 1 aliphatic heterocycles. The van der Waals surface area contributed by atoms with Crippen molar-refractivity contribution in [2.45, 2.75) is 32.7 Å². The molecule has 1 aliphatic rings. The van der Waals surface area contributed by atoms with Crippen LogP contribution in [0.2, 0.25) is 0 Å². The summed E-state index contributed by atoms with van der Waals surface area (Å²) in [4.78, 5) is 11.7. The molecule has 2 heterocycles. The van der Waals surface area contributed by atoms with Gasteiger partial charge in [-0.25, -0.2) is 0 Å². The molecule has 1 atom stereocenters. The van der Waals surface area contributed by atoms with Crippen LogP contribution in [0, 0.1) is 12.8 Å². The van der Waals surface area contributed by atoms with Gasteiger partial charge in [0.2, 0.25) is 0 Å². The minimum Gasteiger partial charge on any atom is -0.316 e. The van der Waals surface area contributed by atoms with E-state index in [1.807, 2.05) is 23.6 Å². The van der Waals surface area contributed by atoms with E-state index in [1.54, 1.807) is 6.07 Å². The first-order chi connectivity index (χ1) is 7.77. The maximum atomic E-state index is 11.7. The van der Waals surface area contributed by atoms with Gasteiger partial charge in [0.25, 0.3) is 5.56 Å². The minimum atomic E-state index is 0.128. The van der Waals surface area contributed by atoms with Crippen molar-refractivity contribution in [2.75, 3.05) is 13.1 Å². The summed E-state index contributed by atoms with van der Waals surface area (Å²) in [7, 11) is 0. The first-order valence-electron chi connectivity index (χ1n) is 6.14. The molecule has 16 heavy (non-hydrogen) atoms. The lowest BCUT2D eigenvalue weighted by molar-refractivity contribution is 0.339. The van der Waals surface area contributed by atoms with E-state index in [2.05, 4.69) is 5.32 Å². The van der Waals surface area contributed by atoms with Crippen LogP contribution in [0.4, 0.5) is 0 Å². The summed E-state index contributed by atoms with van der Waals surface area (Å²) in [5.41, 5.74) is 1.19. The van der Waals surface area contributed by atoms with Gasteiger partial charge in [0.1, 0.15) is 0 Å². The molecule has 0 spiro atoms. The Morgan fingerprint density at radius 2 is 2.38 bits per heavy atom. The van der Waals surface area contributed by atoms with Gasteiger partial charge in [-0.3, -0.25) is 4.79 Å². The zero-order valence-electron chi connectivity index (χ0n) is 9.91. The summed E-state index contributed by atoms with van der Waals surface area (Å²) < 4.78 is 1.88. The summed E-state index contributed by atoms with van der Waals surface area (Å²) in [5.74, 6) is 0.736. The van der Waals surface area contributed by atoms with Crippen molar-refractivity contribution in [1.82, 2.24) is 9.88 Å². The normalized spacial score (nSPS) is 20.9. The SMILES string of the molecule is Cc1cccc(=O)n1CCC1CCCNC1. The van der Waals surface area contributed by atoms with E-state index >= 15 is 0 Å². The van der Waals surface area contributed by atoms with Gasteiger partial charge in [0.15, 0.2) is 0 Å². The molecule has 1 aromatic rings. The average molecular weight is 220 g/mol. The number of nitrogens with one attached hydrogen (secondary N) is 1. The molecule has 1 N–H and O–H groups in total. The van der Waals surface area contributed by atoms with Crippen molar-refractivity contribution in [3.8, 4) is 0 Å². The molecule has 3 heteroatoms. The molecule has 1 saturated heterocycles. The second-order valence-corrected chi connectivity index (χ2v) is 4.66. The summed E-state index contributed by atoms with van der Waals surface area (Å²) in [5, 5.41) is 3.41. The van der Waals surface area contributed by atoms with Crippen LogP contribution in [0.25, 0.3) is 0 Å². The van der Waals surface area contributed by atoms with Crippen molar-refractivity contribution in [1.29, 1.82) is 0 Å². The molecule has 88 valence electrons. The van der Waals surface area contributed by atoms with E-state index in [0.717, 1.165) is 37.7 Å². The topological polar surface area (TPSA) is 34.0 Å². The lowest BCUT2D eigenvalue weighted by atomic mass is 9.96. The smallest absolute Gasteiger partial charge is 0.250 e. The molecule has 0 bridgehead atoms. The molecule has 1 fully saturated rings. The van der Waals surface area contributed by atoms with Gasteiger partial charge >= 0.3 is 0 Å². The highest BCUT2D eigenvalue weighted by atomic mass is 16.1. The fourth-order valence-electron chi connectivity index (χ4n) is 2.39. The van der Waals surface area contributed by atoms with Gasteiger partial charge in [-0.15, -0.1) is 0 Å². The molecule has 1 unspecified atom stereocenters. The largest absolute Gasteiger partial charge is 0.316 e.